The molecule has 9 heteroatoms. The van der Waals surface area contributed by atoms with E-state index in [0.717, 1.165) is 0 Å². The summed E-state index contributed by atoms with van der Waals surface area (Å²) in [6.07, 6.45) is 0. The number of anilines is 1. The van der Waals surface area contributed by atoms with Crippen LogP contribution in [-0.2, 0) is 21.3 Å². The molecule has 0 aliphatic carbocycles. The number of fused-ring (bicyclic) bond motifs is 2. The van der Waals surface area contributed by atoms with Crippen molar-refractivity contribution in [3.8, 4) is 6.07 Å². The van der Waals surface area contributed by atoms with Gasteiger partial charge in [-0.15, -0.1) is 0 Å². The molecule has 0 fully saturated rings. The summed E-state index contributed by atoms with van der Waals surface area (Å²) < 4.78 is 62.1. The molecule has 0 saturated heterocycles. The van der Waals surface area contributed by atoms with Gasteiger partial charge in [-0.3, -0.25) is 4.31 Å². The van der Waals surface area contributed by atoms with Crippen LogP contribution in [0.5, 0.6) is 0 Å². The van der Waals surface area contributed by atoms with Crippen LogP contribution >= 0.6 is 0 Å². The van der Waals surface area contributed by atoms with Gasteiger partial charge in [0.15, 0.2) is 5.76 Å². The number of ether oxygens (including phenoxy) is 1. The highest BCUT2D eigenvalue weighted by Crippen LogP contribution is 2.51. The van der Waals surface area contributed by atoms with Gasteiger partial charge < -0.3 is 10.5 Å². The molecule has 0 spiro atoms. The molecular formula is C25H17F2N3O3S. The highest BCUT2D eigenvalue weighted by atomic mass is 32.2. The minimum absolute atomic E-state index is 0.0248. The Balaban J connectivity index is 1.75. The zero-order valence-electron chi connectivity index (χ0n) is 17.6. The molecular weight excluding hydrogens is 460 g/mol. The molecule has 0 amide bonds. The third-order valence-electron chi connectivity index (χ3n) is 5.80. The molecule has 0 saturated carbocycles. The van der Waals surface area contributed by atoms with Crippen LogP contribution in [0.15, 0.2) is 89.2 Å². The molecule has 2 heterocycles. The molecule has 2 aliphatic rings. The van der Waals surface area contributed by atoms with Gasteiger partial charge in [-0.25, -0.2) is 17.2 Å². The summed E-state index contributed by atoms with van der Waals surface area (Å²) in [5.41, 5.74) is 7.74. The molecule has 0 aromatic heterocycles. The average molecular weight is 477 g/mol. The van der Waals surface area contributed by atoms with Crippen molar-refractivity contribution in [2.75, 3.05) is 4.31 Å². The summed E-state index contributed by atoms with van der Waals surface area (Å²) in [5, 5.41) is 9.82. The molecule has 2 aliphatic heterocycles. The van der Waals surface area contributed by atoms with Gasteiger partial charge in [0.05, 0.1) is 18.2 Å². The van der Waals surface area contributed by atoms with Gasteiger partial charge in [0, 0.05) is 5.56 Å². The first-order chi connectivity index (χ1) is 16.3. The number of nitrogens with zero attached hydrogens (tertiary/aromatic N) is 2. The lowest BCUT2D eigenvalue weighted by Gasteiger charge is -2.38. The van der Waals surface area contributed by atoms with E-state index in [-0.39, 0.29) is 28.7 Å². The summed E-state index contributed by atoms with van der Waals surface area (Å²) in [6, 6.07) is 19.4. The van der Waals surface area contributed by atoms with Crippen molar-refractivity contribution in [1.82, 2.24) is 0 Å². The first kappa shape index (κ1) is 21.7. The second-order valence-electron chi connectivity index (χ2n) is 7.83. The van der Waals surface area contributed by atoms with Crippen LogP contribution in [0.3, 0.4) is 0 Å². The highest BCUT2D eigenvalue weighted by molar-refractivity contribution is 7.96. The topological polar surface area (TPSA) is 96.4 Å². The van der Waals surface area contributed by atoms with Crippen molar-refractivity contribution >= 4 is 21.5 Å². The Morgan fingerprint density at radius 2 is 1.59 bits per heavy atom. The van der Waals surface area contributed by atoms with Crippen LogP contribution in [0.2, 0.25) is 0 Å². The fourth-order valence-corrected chi connectivity index (χ4v) is 6.14. The summed E-state index contributed by atoms with van der Waals surface area (Å²) >= 11 is 0. The van der Waals surface area contributed by atoms with E-state index in [0.29, 0.717) is 22.4 Å². The van der Waals surface area contributed by atoms with E-state index >= 15 is 0 Å². The summed E-state index contributed by atoms with van der Waals surface area (Å²) in [7, 11) is -4.26. The zero-order valence-corrected chi connectivity index (χ0v) is 18.4. The largest absolute Gasteiger partial charge is 0.439 e. The Morgan fingerprint density at radius 1 is 0.971 bits per heavy atom. The molecule has 0 radical (unpaired) electrons. The summed E-state index contributed by atoms with van der Waals surface area (Å²) in [5.74, 6) is -2.23. The lowest BCUT2D eigenvalue weighted by molar-refractivity contribution is 0.357. The fraction of sp³-hybridized carbons (Fsp3) is 0.0800. The number of para-hydroxylation sites is 1. The number of sulfonamides is 1. The van der Waals surface area contributed by atoms with Gasteiger partial charge in [-0.1, -0.05) is 36.4 Å². The molecule has 34 heavy (non-hydrogen) atoms. The maximum absolute atomic E-state index is 14.1. The van der Waals surface area contributed by atoms with Gasteiger partial charge in [0.1, 0.15) is 28.2 Å². The number of rotatable bonds is 3. The van der Waals surface area contributed by atoms with Gasteiger partial charge in [0.2, 0.25) is 5.88 Å². The standard InChI is InChI=1S/C25H17F2N3O3S/c26-17-9-5-15(6-10-17)14-30-21-4-2-1-3-19(21)23-24(34(30,31)32)22(20(13-28)25(29)33-23)16-7-11-18(27)12-8-16/h1-12,22H,14,29H2. The number of nitriles is 1. The van der Waals surface area contributed by atoms with E-state index in [9.17, 15) is 22.5 Å². The molecule has 3 aromatic carbocycles. The fourth-order valence-electron chi connectivity index (χ4n) is 4.22. The lowest BCUT2D eigenvalue weighted by atomic mass is 9.88. The van der Waals surface area contributed by atoms with Crippen molar-refractivity contribution in [3.05, 3.63) is 117 Å². The van der Waals surface area contributed by atoms with E-state index in [1.54, 1.807) is 24.3 Å². The van der Waals surface area contributed by atoms with Gasteiger partial charge >= 0.3 is 0 Å². The monoisotopic (exact) mass is 477 g/mol. The van der Waals surface area contributed by atoms with Crippen molar-refractivity contribution in [1.29, 1.82) is 5.26 Å². The van der Waals surface area contributed by atoms with E-state index < -0.39 is 27.6 Å². The van der Waals surface area contributed by atoms with Crippen LogP contribution in [0.4, 0.5) is 14.5 Å². The maximum atomic E-state index is 14.1. The highest BCUT2D eigenvalue weighted by Gasteiger charge is 2.47. The Morgan fingerprint density at radius 3 is 2.24 bits per heavy atom. The van der Waals surface area contributed by atoms with Crippen LogP contribution in [0.25, 0.3) is 5.76 Å². The quantitative estimate of drug-likeness (QED) is 0.600. The number of hydrogen-bond acceptors (Lipinski definition) is 5. The number of halogens is 2. The Labute approximate surface area is 194 Å². The third-order valence-corrected chi connectivity index (χ3v) is 7.68. The van der Waals surface area contributed by atoms with Crippen molar-refractivity contribution < 1.29 is 21.9 Å². The molecule has 170 valence electrons. The predicted molar refractivity (Wildman–Crippen MR) is 122 cm³/mol. The number of hydrogen-bond donors (Lipinski definition) is 1. The number of nitrogens with two attached hydrogens (primary N) is 1. The van der Waals surface area contributed by atoms with Crippen LogP contribution in [0.1, 0.15) is 22.6 Å². The molecule has 5 rings (SSSR count). The van der Waals surface area contributed by atoms with Crippen molar-refractivity contribution in [3.63, 3.8) is 0 Å². The summed E-state index contributed by atoms with van der Waals surface area (Å²) in [6.45, 7) is -0.0758. The second kappa shape index (κ2) is 8.01. The Kier molecular flexibility index (Phi) is 5.10. The SMILES string of the molecule is N#CC1=C(N)OC2=C(C1c1ccc(F)cc1)S(=O)(=O)N(Cc1ccc(F)cc1)c1ccccc12. The molecule has 0 bridgehead atoms. The minimum atomic E-state index is -4.26. The van der Waals surface area contributed by atoms with E-state index in [4.69, 9.17) is 10.5 Å². The average Bonchev–Trinajstić information content (AvgIpc) is 2.82. The molecule has 3 aromatic rings. The number of allylic oxidation sites excluding steroid dienone is 2. The van der Waals surface area contributed by atoms with Crippen LogP contribution in [-0.4, -0.2) is 8.42 Å². The third kappa shape index (κ3) is 3.40. The van der Waals surface area contributed by atoms with Gasteiger partial charge in [0.25, 0.3) is 10.0 Å². The van der Waals surface area contributed by atoms with E-state index in [2.05, 4.69) is 0 Å². The van der Waals surface area contributed by atoms with Crippen molar-refractivity contribution in [2.24, 2.45) is 5.73 Å². The van der Waals surface area contributed by atoms with E-state index in [1.807, 2.05) is 6.07 Å². The van der Waals surface area contributed by atoms with Crippen LogP contribution in [0, 0.1) is 23.0 Å². The van der Waals surface area contributed by atoms with E-state index in [1.165, 1.54) is 52.8 Å². The predicted octanol–water partition coefficient (Wildman–Crippen LogP) is 4.49. The zero-order chi connectivity index (χ0) is 24.0. The van der Waals surface area contributed by atoms with Crippen LogP contribution < -0.4 is 10.0 Å². The lowest BCUT2D eigenvalue weighted by Crippen LogP contribution is -2.39. The molecule has 2 N–H and O–H groups in total. The smallest absolute Gasteiger partial charge is 0.265 e. The summed E-state index contributed by atoms with van der Waals surface area (Å²) in [4.78, 5) is -0.161. The maximum Gasteiger partial charge on any atom is 0.265 e. The molecule has 1 unspecified atom stereocenters. The van der Waals surface area contributed by atoms with Gasteiger partial charge in [-0.05, 0) is 47.5 Å². The minimum Gasteiger partial charge on any atom is -0.439 e. The normalized spacial score (nSPS) is 18.6. The van der Waals surface area contributed by atoms with Gasteiger partial charge in [-0.2, -0.15) is 5.26 Å². The second-order valence-corrected chi connectivity index (χ2v) is 9.66. The Hall–Kier alpha value is -4.16. The van der Waals surface area contributed by atoms with Crippen molar-refractivity contribution in [2.45, 2.75) is 12.5 Å². The number of benzene rings is 3. The first-order valence-corrected chi connectivity index (χ1v) is 11.7. The Bertz CT molecular complexity index is 1510. The molecule has 6 nitrogen and oxygen atoms in total. The first-order valence-electron chi connectivity index (χ1n) is 10.2. The molecule has 1 atom stereocenters.